The Balaban J connectivity index is 2.03. The van der Waals surface area contributed by atoms with Gasteiger partial charge in [0.1, 0.15) is 12.1 Å². The lowest BCUT2D eigenvalue weighted by Crippen LogP contribution is -2.54. The molecule has 1 heterocycles. The molecule has 122 valence electrons. The molecule has 2 fully saturated rings. The Morgan fingerprint density at radius 3 is 2.77 bits per heavy atom. The Morgan fingerprint density at radius 2 is 2.14 bits per heavy atom. The van der Waals surface area contributed by atoms with Crippen molar-refractivity contribution in [3.05, 3.63) is 0 Å². The Bertz CT molecular complexity index is 507. The van der Waals surface area contributed by atoms with Gasteiger partial charge < -0.3 is 10.1 Å². The number of nitrogens with zero attached hydrogens (tertiary/aromatic N) is 1. The van der Waals surface area contributed by atoms with E-state index in [4.69, 9.17) is 0 Å². The van der Waals surface area contributed by atoms with Crippen LogP contribution in [0.1, 0.15) is 39.5 Å². The Labute approximate surface area is 128 Å². The molecule has 0 bridgehead atoms. The summed E-state index contributed by atoms with van der Waals surface area (Å²) in [6, 6.07) is -0.585. The number of amides is 5. The summed E-state index contributed by atoms with van der Waals surface area (Å²) in [6.45, 7) is 3.18. The molecule has 1 aliphatic heterocycles. The number of carbonyl (C=O) groups is 4. The van der Waals surface area contributed by atoms with Crippen LogP contribution in [0.3, 0.4) is 0 Å². The Hall–Kier alpha value is -2.12. The Kier molecular flexibility index (Phi) is 4.68. The van der Waals surface area contributed by atoms with Gasteiger partial charge in [-0.1, -0.05) is 19.8 Å². The highest BCUT2D eigenvalue weighted by Gasteiger charge is 2.55. The van der Waals surface area contributed by atoms with Gasteiger partial charge in [-0.25, -0.2) is 9.59 Å². The number of carbonyl (C=O) groups excluding carboxylic acids is 4. The molecule has 0 unspecified atom stereocenters. The maximum Gasteiger partial charge on any atom is 0.413 e. The summed E-state index contributed by atoms with van der Waals surface area (Å²) in [5.74, 6) is -1.11. The molecule has 1 aliphatic carbocycles. The number of ether oxygens (including phenoxy) is 1. The molecule has 2 N–H and O–H groups in total. The van der Waals surface area contributed by atoms with E-state index in [0.717, 1.165) is 24.2 Å². The van der Waals surface area contributed by atoms with E-state index >= 15 is 0 Å². The molecular weight excluding hydrogens is 290 g/mol. The zero-order chi connectivity index (χ0) is 16.3. The topological polar surface area (TPSA) is 105 Å². The number of imide groups is 2. The molecule has 0 aromatic heterocycles. The van der Waals surface area contributed by atoms with Crippen LogP contribution in [0.2, 0.25) is 0 Å². The molecule has 5 amide bonds. The minimum atomic E-state index is -0.903. The molecule has 22 heavy (non-hydrogen) atoms. The summed E-state index contributed by atoms with van der Waals surface area (Å²) >= 11 is 0. The smallest absolute Gasteiger partial charge is 0.413 e. The van der Waals surface area contributed by atoms with E-state index < -0.39 is 30.1 Å². The lowest BCUT2D eigenvalue weighted by atomic mass is 9.73. The number of rotatable bonds is 3. The quantitative estimate of drug-likeness (QED) is 0.749. The Morgan fingerprint density at radius 1 is 1.41 bits per heavy atom. The minimum Gasteiger partial charge on any atom is -0.450 e. The van der Waals surface area contributed by atoms with Crippen LogP contribution in [0.15, 0.2) is 0 Å². The highest BCUT2D eigenvalue weighted by Crippen LogP contribution is 2.38. The van der Waals surface area contributed by atoms with Crippen LogP contribution in [0.5, 0.6) is 0 Å². The van der Waals surface area contributed by atoms with Crippen LogP contribution in [0.4, 0.5) is 9.59 Å². The van der Waals surface area contributed by atoms with Crippen LogP contribution in [0.25, 0.3) is 0 Å². The molecule has 1 saturated carbocycles. The monoisotopic (exact) mass is 311 g/mol. The van der Waals surface area contributed by atoms with Crippen molar-refractivity contribution in [2.24, 2.45) is 5.92 Å². The van der Waals surface area contributed by atoms with Gasteiger partial charge in [-0.2, -0.15) is 0 Å². The summed E-state index contributed by atoms with van der Waals surface area (Å²) < 4.78 is 4.58. The number of nitrogens with one attached hydrogen (secondary N) is 2. The van der Waals surface area contributed by atoms with E-state index in [0.29, 0.717) is 6.42 Å². The van der Waals surface area contributed by atoms with Crippen LogP contribution < -0.4 is 10.6 Å². The van der Waals surface area contributed by atoms with Crippen LogP contribution in [0, 0.1) is 5.92 Å². The molecule has 0 aromatic rings. The summed E-state index contributed by atoms with van der Waals surface area (Å²) in [4.78, 5) is 48.4. The molecule has 8 nitrogen and oxygen atoms in total. The van der Waals surface area contributed by atoms with Crippen molar-refractivity contribution in [1.82, 2.24) is 15.5 Å². The van der Waals surface area contributed by atoms with E-state index in [9.17, 15) is 19.2 Å². The second-order valence-electron chi connectivity index (χ2n) is 5.71. The van der Waals surface area contributed by atoms with Crippen molar-refractivity contribution in [1.29, 1.82) is 0 Å². The van der Waals surface area contributed by atoms with E-state index in [1.807, 2.05) is 12.2 Å². The third kappa shape index (κ3) is 2.90. The van der Waals surface area contributed by atoms with Gasteiger partial charge in [0.25, 0.3) is 5.91 Å². The predicted octanol–water partition coefficient (Wildman–Crippen LogP) is 0.760. The first-order valence-corrected chi connectivity index (χ1v) is 7.51. The third-order valence-electron chi connectivity index (χ3n) is 4.32. The first kappa shape index (κ1) is 16.3. The molecule has 8 heteroatoms. The first-order chi connectivity index (χ1) is 10.4. The maximum absolute atomic E-state index is 12.6. The van der Waals surface area contributed by atoms with Gasteiger partial charge in [0.05, 0.1) is 6.61 Å². The normalized spacial score (nSPS) is 27.7. The van der Waals surface area contributed by atoms with E-state index in [2.05, 4.69) is 10.1 Å². The number of alkyl carbamates (subject to hydrolysis) is 1. The van der Waals surface area contributed by atoms with Crippen LogP contribution in [-0.2, 0) is 14.3 Å². The number of hydrogen-bond acceptors (Lipinski definition) is 5. The average molecular weight is 311 g/mol. The largest absolute Gasteiger partial charge is 0.450 e. The second-order valence-corrected chi connectivity index (χ2v) is 5.71. The molecule has 1 spiro atoms. The summed E-state index contributed by atoms with van der Waals surface area (Å²) in [6.07, 6.45) is 2.43. The van der Waals surface area contributed by atoms with Crippen molar-refractivity contribution in [2.45, 2.75) is 45.1 Å². The van der Waals surface area contributed by atoms with Gasteiger partial charge in [-0.15, -0.1) is 0 Å². The van der Waals surface area contributed by atoms with Crippen LogP contribution >= 0.6 is 0 Å². The molecule has 0 radical (unpaired) electrons. The number of hydrogen-bond donors (Lipinski definition) is 2. The minimum absolute atomic E-state index is 0.0239. The highest BCUT2D eigenvalue weighted by molar-refractivity contribution is 6.10. The zero-order valence-corrected chi connectivity index (χ0v) is 12.8. The van der Waals surface area contributed by atoms with Gasteiger partial charge in [0.15, 0.2) is 0 Å². The lowest BCUT2D eigenvalue weighted by molar-refractivity contribution is -0.137. The molecule has 1 saturated heterocycles. The summed E-state index contributed by atoms with van der Waals surface area (Å²) in [7, 11) is 0. The third-order valence-corrected chi connectivity index (χ3v) is 4.32. The fraction of sp³-hybridized carbons (Fsp3) is 0.714. The van der Waals surface area contributed by atoms with Crippen molar-refractivity contribution in [3.8, 4) is 0 Å². The van der Waals surface area contributed by atoms with Gasteiger partial charge in [0, 0.05) is 0 Å². The van der Waals surface area contributed by atoms with Gasteiger partial charge in [0.2, 0.25) is 5.91 Å². The fourth-order valence-corrected chi connectivity index (χ4v) is 3.10. The van der Waals surface area contributed by atoms with Gasteiger partial charge >= 0.3 is 12.1 Å². The van der Waals surface area contributed by atoms with E-state index in [-0.39, 0.29) is 18.4 Å². The molecule has 2 aliphatic rings. The molecular formula is C14H21N3O5. The first-order valence-electron chi connectivity index (χ1n) is 7.51. The van der Waals surface area contributed by atoms with Crippen LogP contribution in [-0.4, -0.2) is 47.5 Å². The van der Waals surface area contributed by atoms with Crippen molar-refractivity contribution < 1.29 is 23.9 Å². The number of urea groups is 1. The summed E-state index contributed by atoms with van der Waals surface area (Å²) in [5, 5.41) is 4.72. The fourth-order valence-electron chi connectivity index (χ4n) is 3.10. The molecule has 0 aromatic carbocycles. The zero-order valence-electron chi connectivity index (χ0n) is 12.8. The van der Waals surface area contributed by atoms with E-state index in [1.54, 1.807) is 6.92 Å². The van der Waals surface area contributed by atoms with Crippen molar-refractivity contribution in [3.63, 3.8) is 0 Å². The average Bonchev–Trinajstić information content (AvgIpc) is 2.68. The lowest BCUT2D eigenvalue weighted by Gasteiger charge is -2.36. The highest BCUT2D eigenvalue weighted by atomic mass is 16.5. The standard InChI is InChI=1S/C14H21N3O5/c1-3-22-13(21)15-10(18)8-17-11(19)14(16-12(17)20)7-5-4-6-9(14)2/h9H,3-8H2,1-2H3,(H,16,20)(H,15,18,21)/t9-,14-/m0/s1. The molecule has 2 atom stereocenters. The van der Waals surface area contributed by atoms with Gasteiger partial charge in [-0.05, 0) is 25.7 Å². The van der Waals surface area contributed by atoms with E-state index in [1.165, 1.54) is 0 Å². The SMILES string of the molecule is CCOC(=O)NC(=O)CN1C(=O)N[C@]2(CCCC[C@@H]2C)C1=O. The maximum atomic E-state index is 12.6. The second kappa shape index (κ2) is 6.33. The summed E-state index contributed by atoms with van der Waals surface area (Å²) in [5.41, 5.74) is -0.903. The van der Waals surface area contributed by atoms with Crippen molar-refractivity contribution >= 4 is 23.9 Å². The van der Waals surface area contributed by atoms with Crippen molar-refractivity contribution in [2.75, 3.05) is 13.2 Å². The van der Waals surface area contributed by atoms with Gasteiger partial charge in [-0.3, -0.25) is 19.8 Å². The predicted molar refractivity (Wildman–Crippen MR) is 75.8 cm³/mol. The molecule has 2 rings (SSSR count).